The molecule has 0 aromatic heterocycles. The molecule has 0 radical (unpaired) electrons. The van der Waals surface area contributed by atoms with Gasteiger partial charge in [0, 0.05) is 51.9 Å². The Morgan fingerprint density at radius 1 is 0.829 bits per heavy atom. The van der Waals surface area contributed by atoms with Gasteiger partial charge in [-0.05, 0) is 36.7 Å². The van der Waals surface area contributed by atoms with Crippen molar-refractivity contribution in [3.8, 4) is 6.07 Å². The van der Waals surface area contributed by atoms with Crippen molar-refractivity contribution >= 4 is 11.6 Å². The van der Waals surface area contributed by atoms with Crippen molar-refractivity contribution in [2.45, 2.75) is 59.3 Å². The van der Waals surface area contributed by atoms with Crippen molar-refractivity contribution in [3.05, 3.63) is 102 Å². The molecule has 218 valence electrons. The topological polar surface area (TPSA) is 53.8 Å². The summed E-state index contributed by atoms with van der Waals surface area (Å²) >= 11 is 0. The largest absolute Gasteiger partial charge is 0.367 e. The van der Waals surface area contributed by atoms with E-state index in [1.807, 2.05) is 69.0 Å². The van der Waals surface area contributed by atoms with E-state index in [0.717, 1.165) is 44.8 Å². The fourth-order valence-electron chi connectivity index (χ4n) is 5.67. The Morgan fingerprint density at radius 2 is 1.39 bits per heavy atom. The second-order valence-corrected chi connectivity index (χ2v) is 10.2. The first-order valence-electron chi connectivity index (χ1n) is 15.2. The Labute approximate surface area is 247 Å². The summed E-state index contributed by atoms with van der Waals surface area (Å²) in [4.78, 5) is 22.9. The van der Waals surface area contributed by atoms with E-state index in [-0.39, 0.29) is 11.9 Å². The van der Waals surface area contributed by atoms with E-state index < -0.39 is 0 Å². The standard InChI is InChI=1S/C31H35N5O.2C2H6/c1-33(22-25-10-4-2-5-11-25)28-20-30(36(24-28)23-26-12-6-3-7-13-26)31(37)35-18-16-34(17-19-35)29-15-9-8-14-27(29)21-32;2*1-2/h2-15,28,30H,16-20,22-24H2,1H3;2*1-2H3. The third-order valence-electron chi connectivity index (χ3n) is 7.75. The SMILES string of the molecule is CC.CC.CN(Cc1ccccc1)C1CC(C(=O)N2CCN(c3ccccc3C#N)CC2)N(Cc2ccccc2)C1. The summed E-state index contributed by atoms with van der Waals surface area (Å²) in [6.07, 6.45) is 0.840. The Balaban J connectivity index is 0.00000111. The fourth-order valence-corrected chi connectivity index (χ4v) is 5.67. The zero-order valence-corrected chi connectivity index (χ0v) is 25.5. The van der Waals surface area contributed by atoms with Gasteiger partial charge in [-0.1, -0.05) is 100 Å². The van der Waals surface area contributed by atoms with E-state index >= 15 is 0 Å². The summed E-state index contributed by atoms with van der Waals surface area (Å²) in [7, 11) is 2.18. The van der Waals surface area contributed by atoms with Crippen LogP contribution in [-0.4, -0.2) is 72.5 Å². The average molecular weight is 554 g/mol. The molecular weight excluding hydrogens is 506 g/mol. The third kappa shape index (κ3) is 8.42. The Kier molecular flexibility index (Phi) is 12.9. The van der Waals surface area contributed by atoms with Crippen LogP contribution in [0.2, 0.25) is 0 Å². The minimum Gasteiger partial charge on any atom is -0.367 e. The average Bonchev–Trinajstić information content (AvgIpc) is 3.47. The molecule has 2 aliphatic heterocycles. The van der Waals surface area contributed by atoms with Crippen LogP contribution >= 0.6 is 0 Å². The maximum Gasteiger partial charge on any atom is 0.240 e. The summed E-state index contributed by atoms with van der Waals surface area (Å²) in [5.41, 5.74) is 4.19. The monoisotopic (exact) mass is 553 g/mol. The van der Waals surface area contributed by atoms with Crippen LogP contribution in [0.3, 0.4) is 0 Å². The molecule has 2 atom stereocenters. The molecule has 2 fully saturated rings. The van der Waals surface area contributed by atoms with Crippen molar-refractivity contribution < 1.29 is 4.79 Å². The van der Waals surface area contributed by atoms with Gasteiger partial charge in [-0.15, -0.1) is 0 Å². The molecule has 6 nitrogen and oxygen atoms in total. The van der Waals surface area contributed by atoms with Crippen LogP contribution in [0.25, 0.3) is 0 Å². The highest BCUT2D eigenvalue weighted by molar-refractivity contribution is 5.82. The zero-order chi connectivity index (χ0) is 29.6. The summed E-state index contributed by atoms with van der Waals surface area (Å²) in [5, 5.41) is 9.50. The molecule has 2 unspecified atom stereocenters. The summed E-state index contributed by atoms with van der Waals surface area (Å²) in [5.74, 6) is 0.236. The summed E-state index contributed by atoms with van der Waals surface area (Å²) < 4.78 is 0. The first-order valence-corrected chi connectivity index (χ1v) is 15.2. The molecule has 0 N–H and O–H groups in total. The molecule has 2 aliphatic rings. The van der Waals surface area contributed by atoms with E-state index in [2.05, 4.69) is 76.3 Å². The van der Waals surface area contributed by atoms with Gasteiger partial charge in [0.05, 0.1) is 17.3 Å². The second-order valence-electron chi connectivity index (χ2n) is 10.2. The van der Waals surface area contributed by atoms with E-state index in [4.69, 9.17) is 0 Å². The van der Waals surface area contributed by atoms with E-state index in [1.165, 1.54) is 11.1 Å². The third-order valence-corrected chi connectivity index (χ3v) is 7.75. The lowest BCUT2D eigenvalue weighted by atomic mass is 10.1. The number of likely N-dealkylation sites (N-methyl/N-ethyl adjacent to an activating group) is 1. The number of amides is 1. The molecule has 1 amide bonds. The first kappa shape index (κ1) is 31.9. The van der Waals surface area contributed by atoms with Gasteiger partial charge in [-0.2, -0.15) is 5.26 Å². The van der Waals surface area contributed by atoms with E-state index in [0.29, 0.717) is 24.7 Å². The quantitative estimate of drug-likeness (QED) is 0.357. The van der Waals surface area contributed by atoms with Gasteiger partial charge >= 0.3 is 0 Å². The number of likely N-dealkylation sites (tertiary alicyclic amines) is 1. The second kappa shape index (κ2) is 16.6. The van der Waals surface area contributed by atoms with Gasteiger partial charge in [0.15, 0.2) is 0 Å². The fraction of sp³-hybridized carbons (Fsp3) is 0.429. The van der Waals surface area contributed by atoms with Gasteiger partial charge in [0.2, 0.25) is 5.91 Å². The summed E-state index contributed by atoms with van der Waals surface area (Å²) in [6.45, 7) is 13.4. The predicted molar refractivity (Wildman–Crippen MR) is 170 cm³/mol. The van der Waals surface area contributed by atoms with Crippen LogP contribution in [-0.2, 0) is 17.9 Å². The van der Waals surface area contributed by atoms with Gasteiger partial charge in [0.25, 0.3) is 0 Å². The number of para-hydroxylation sites is 1. The van der Waals surface area contributed by atoms with Gasteiger partial charge in [0.1, 0.15) is 6.07 Å². The molecular formula is C35H47N5O. The van der Waals surface area contributed by atoms with Gasteiger partial charge < -0.3 is 9.80 Å². The Bertz CT molecular complexity index is 1220. The van der Waals surface area contributed by atoms with Crippen LogP contribution in [0.1, 0.15) is 50.8 Å². The van der Waals surface area contributed by atoms with Crippen molar-refractivity contribution in [2.75, 3.05) is 44.7 Å². The molecule has 5 rings (SSSR count). The van der Waals surface area contributed by atoms with Crippen molar-refractivity contribution in [3.63, 3.8) is 0 Å². The van der Waals surface area contributed by atoms with Gasteiger partial charge in [-0.25, -0.2) is 0 Å². The number of carbonyl (C=O) groups excluding carboxylic acids is 1. The first-order chi connectivity index (χ1) is 20.1. The highest BCUT2D eigenvalue weighted by Gasteiger charge is 2.40. The molecule has 0 saturated carbocycles. The van der Waals surface area contributed by atoms with E-state index in [1.54, 1.807) is 0 Å². The molecule has 3 aromatic carbocycles. The molecule has 2 saturated heterocycles. The highest BCUT2D eigenvalue weighted by Crippen LogP contribution is 2.28. The smallest absolute Gasteiger partial charge is 0.240 e. The lowest BCUT2D eigenvalue weighted by Crippen LogP contribution is -2.53. The Morgan fingerprint density at radius 3 is 2.00 bits per heavy atom. The maximum absolute atomic E-state index is 13.9. The summed E-state index contributed by atoms with van der Waals surface area (Å²) in [6, 6.07) is 31.2. The molecule has 3 aromatic rings. The minimum absolute atomic E-state index is 0.124. The van der Waals surface area contributed by atoms with Crippen LogP contribution in [0.5, 0.6) is 0 Å². The number of nitriles is 1. The number of piperazine rings is 1. The molecule has 0 bridgehead atoms. The number of carbonyl (C=O) groups is 1. The molecule has 0 spiro atoms. The van der Waals surface area contributed by atoms with Crippen molar-refractivity contribution in [1.82, 2.24) is 14.7 Å². The van der Waals surface area contributed by atoms with Crippen LogP contribution < -0.4 is 4.90 Å². The molecule has 41 heavy (non-hydrogen) atoms. The minimum atomic E-state index is -0.124. The van der Waals surface area contributed by atoms with Crippen LogP contribution in [0, 0.1) is 11.3 Å². The Hall–Kier alpha value is -3.66. The number of hydrogen-bond acceptors (Lipinski definition) is 5. The number of anilines is 1. The lowest BCUT2D eigenvalue weighted by Gasteiger charge is -2.38. The van der Waals surface area contributed by atoms with E-state index in [9.17, 15) is 10.1 Å². The number of hydrogen-bond donors (Lipinski definition) is 0. The normalized spacial score (nSPS) is 18.6. The highest BCUT2D eigenvalue weighted by atomic mass is 16.2. The van der Waals surface area contributed by atoms with Crippen LogP contribution in [0.4, 0.5) is 5.69 Å². The maximum atomic E-state index is 13.9. The zero-order valence-electron chi connectivity index (χ0n) is 25.5. The number of benzene rings is 3. The van der Waals surface area contributed by atoms with Crippen LogP contribution in [0.15, 0.2) is 84.9 Å². The predicted octanol–water partition coefficient (Wildman–Crippen LogP) is 6.03. The molecule has 2 heterocycles. The van der Waals surface area contributed by atoms with Gasteiger partial charge in [-0.3, -0.25) is 14.6 Å². The number of nitrogens with zero attached hydrogens (tertiary/aromatic N) is 5. The van der Waals surface area contributed by atoms with Crippen molar-refractivity contribution in [1.29, 1.82) is 5.26 Å². The molecule has 6 heteroatoms. The van der Waals surface area contributed by atoms with Crippen molar-refractivity contribution in [2.24, 2.45) is 0 Å². The molecule has 0 aliphatic carbocycles. The lowest BCUT2D eigenvalue weighted by molar-refractivity contribution is -0.136. The number of rotatable bonds is 7.